The van der Waals surface area contributed by atoms with Crippen LogP contribution in [0.5, 0.6) is 0 Å². The van der Waals surface area contributed by atoms with Crippen LogP contribution in [-0.2, 0) is 4.79 Å². The van der Waals surface area contributed by atoms with E-state index in [0.717, 1.165) is 19.3 Å². The first-order valence-corrected chi connectivity index (χ1v) is 4.14. The van der Waals surface area contributed by atoms with E-state index >= 15 is 0 Å². The minimum atomic E-state index is -0.982. The van der Waals surface area contributed by atoms with Gasteiger partial charge in [-0.15, -0.1) is 0 Å². The van der Waals surface area contributed by atoms with Crippen molar-refractivity contribution in [3.05, 3.63) is 0 Å². The molecule has 0 aromatic carbocycles. The Morgan fingerprint density at radius 1 is 1.64 bits per heavy atom. The molecule has 3 N–H and O–H groups in total. The quantitative estimate of drug-likeness (QED) is 0.526. The van der Waals surface area contributed by atoms with Gasteiger partial charge in [-0.1, -0.05) is 13.3 Å². The van der Waals surface area contributed by atoms with Crippen LogP contribution in [0.2, 0.25) is 0 Å². The Balaban J connectivity index is 2.72. The number of carboxylic acid groups (broad SMARTS) is 1. The third kappa shape index (κ3) is 1.38. The predicted octanol–water partition coefficient (Wildman–Crippen LogP) is -1.07. The molecule has 0 saturated heterocycles. The molecule has 0 aromatic rings. The summed E-state index contributed by atoms with van der Waals surface area (Å²) in [5, 5.41) is 10.7. The van der Waals surface area contributed by atoms with Gasteiger partial charge in [0.15, 0.2) is 0 Å². The van der Waals surface area contributed by atoms with E-state index in [1.54, 1.807) is 0 Å². The average Bonchev–Trinajstić information content (AvgIpc) is 1.95. The van der Waals surface area contributed by atoms with Gasteiger partial charge in [-0.25, -0.2) is 0 Å². The summed E-state index contributed by atoms with van der Waals surface area (Å²) >= 11 is 0. The van der Waals surface area contributed by atoms with Crippen molar-refractivity contribution in [1.29, 1.82) is 0 Å². The molecule has 3 heteroatoms. The fourth-order valence-corrected chi connectivity index (χ4v) is 1.72. The summed E-state index contributed by atoms with van der Waals surface area (Å²) in [6.45, 7) is 1.95. The summed E-state index contributed by atoms with van der Waals surface area (Å²) in [4.78, 5) is 10.7. The van der Waals surface area contributed by atoms with Crippen molar-refractivity contribution in [2.75, 3.05) is 0 Å². The van der Waals surface area contributed by atoms with Gasteiger partial charge in [-0.2, -0.15) is 0 Å². The molecule has 0 radical (unpaired) electrons. The molecule has 1 fully saturated rings. The Hall–Kier alpha value is -0.570. The summed E-state index contributed by atoms with van der Waals surface area (Å²) in [6.07, 6.45) is 3.75. The molecule has 0 aliphatic heterocycles. The minimum Gasteiger partial charge on any atom is -0.544 e. The lowest BCUT2D eigenvalue weighted by Gasteiger charge is -2.36. The van der Waals surface area contributed by atoms with Crippen molar-refractivity contribution in [3.63, 3.8) is 0 Å². The average molecular weight is 157 g/mol. The van der Waals surface area contributed by atoms with Crippen LogP contribution in [0.25, 0.3) is 0 Å². The molecule has 0 spiro atoms. The molecule has 1 rings (SSSR count). The molecule has 0 aromatic heterocycles. The number of carboxylic acids is 1. The van der Waals surface area contributed by atoms with Gasteiger partial charge in [0.05, 0.1) is 0 Å². The van der Waals surface area contributed by atoms with Crippen LogP contribution in [-0.4, -0.2) is 11.5 Å². The van der Waals surface area contributed by atoms with Crippen LogP contribution in [0.3, 0.4) is 0 Å². The zero-order chi connectivity index (χ0) is 8.48. The van der Waals surface area contributed by atoms with Gasteiger partial charge in [-0.05, 0) is 12.8 Å². The first kappa shape index (κ1) is 8.53. The van der Waals surface area contributed by atoms with Crippen LogP contribution in [0.15, 0.2) is 0 Å². The van der Waals surface area contributed by atoms with E-state index < -0.39 is 11.5 Å². The number of hydrogen-bond donors (Lipinski definition) is 1. The van der Waals surface area contributed by atoms with E-state index in [1.165, 1.54) is 0 Å². The number of quaternary nitrogens is 1. The van der Waals surface area contributed by atoms with Gasteiger partial charge in [0.25, 0.3) is 0 Å². The van der Waals surface area contributed by atoms with Gasteiger partial charge >= 0.3 is 0 Å². The van der Waals surface area contributed by atoms with Crippen LogP contribution < -0.4 is 10.8 Å². The predicted molar refractivity (Wildman–Crippen MR) is 38.3 cm³/mol. The summed E-state index contributed by atoms with van der Waals surface area (Å²) in [5.74, 6) is -0.814. The highest BCUT2D eigenvalue weighted by Gasteiger charge is 2.39. The minimum absolute atomic E-state index is 0.168. The zero-order valence-electron chi connectivity index (χ0n) is 6.93. The van der Waals surface area contributed by atoms with E-state index in [2.05, 4.69) is 5.73 Å². The monoisotopic (exact) mass is 157 g/mol. The van der Waals surface area contributed by atoms with Crippen molar-refractivity contribution in [1.82, 2.24) is 0 Å². The molecule has 3 nitrogen and oxygen atoms in total. The van der Waals surface area contributed by atoms with Crippen LogP contribution in [0.4, 0.5) is 0 Å². The lowest BCUT2D eigenvalue weighted by atomic mass is 9.74. The van der Waals surface area contributed by atoms with Crippen LogP contribution in [0, 0.1) is 5.92 Å². The Morgan fingerprint density at radius 2 is 2.27 bits per heavy atom. The Bertz CT molecular complexity index is 169. The van der Waals surface area contributed by atoms with Gasteiger partial charge in [0.2, 0.25) is 0 Å². The van der Waals surface area contributed by atoms with Gasteiger partial charge < -0.3 is 15.6 Å². The third-order valence-corrected chi connectivity index (χ3v) is 2.86. The SMILES string of the molecule is C[C@@H]1CCCC[C@]1([NH3+])C(=O)[O-]. The van der Waals surface area contributed by atoms with Gasteiger partial charge in [-0.3, -0.25) is 0 Å². The van der Waals surface area contributed by atoms with E-state index in [-0.39, 0.29) is 5.92 Å². The molecule has 0 amide bonds. The first-order chi connectivity index (χ1) is 5.07. The summed E-state index contributed by atoms with van der Waals surface area (Å²) in [6, 6.07) is 0. The maximum atomic E-state index is 10.7. The topological polar surface area (TPSA) is 67.8 Å². The number of rotatable bonds is 1. The van der Waals surface area contributed by atoms with Gasteiger partial charge in [0.1, 0.15) is 11.5 Å². The normalized spacial score (nSPS) is 38.5. The Kier molecular flexibility index (Phi) is 2.18. The smallest absolute Gasteiger partial charge is 0.137 e. The maximum absolute atomic E-state index is 10.7. The zero-order valence-corrected chi connectivity index (χ0v) is 6.93. The highest BCUT2D eigenvalue weighted by atomic mass is 16.4. The second kappa shape index (κ2) is 2.81. The largest absolute Gasteiger partial charge is 0.544 e. The number of aliphatic carboxylic acids is 1. The van der Waals surface area contributed by atoms with E-state index in [9.17, 15) is 9.90 Å². The number of carbonyl (C=O) groups excluding carboxylic acids is 1. The Labute approximate surface area is 66.6 Å². The molecule has 11 heavy (non-hydrogen) atoms. The van der Waals surface area contributed by atoms with Crippen molar-refractivity contribution in [2.45, 2.75) is 38.1 Å². The van der Waals surface area contributed by atoms with Crippen molar-refractivity contribution in [3.8, 4) is 0 Å². The van der Waals surface area contributed by atoms with E-state index in [1.807, 2.05) is 6.92 Å². The van der Waals surface area contributed by atoms with Gasteiger partial charge in [0, 0.05) is 12.3 Å². The molecule has 1 saturated carbocycles. The first-order valence-electron chi connectivity index (χ1n) is 4.14. The highest BCUT2D eigenvalue weighted by Crippen LogP contribution is 2.29. The molecule has 1 aliphatic carbocycles. The molecule has 0 bridgehead atoms. The molecule has 0 unspecified atom stereocenters. The van der Waals surface area contributed by atoms with Crippen molar-refractivity contribution >= 4 is 5.97 Å². The fourth-order valence-electron chi connectivity index (χ4n) is 1.72. The molecule has 0 heterocycles. The van der Waals surface area contributed by atoms with Crippen molar-refractivity contribution < 1.29 is 15.6 Å². The van der Waals surface area contributed by atoms with Crippen LogP contribution >= 0.6 is 0 Å². The summed E-state index contributed by atoms with van der Waals surface area (Å²) in [7, 11) is 0. The molecule has 1 aliphatic rings. The fraction of sp³-hybridized carbons (Fsp3) is 0.875. The number of hydrogen-bond acceptors (Lipinski definition) is 2. The number of carbonyl (C=O) groups is 1. The second-order valence-electron chi connectivity index (χ2n) is 3.59. The van der Waals surface area contributed by atoms with E-state index in [4.69, 9.17) is 0 Å². The standard InChI is InChI=1S/C8H15NO2/c1-6-4-2-3-5-8(6,9)7(10)11/h6H,2-5,9H2,1H3,(H,10,11)/t6-,8-/m1/s1. The summed E-state index contributed by atoms with van der Waals surface area (Å²) in [5.41, 5.74) is 2.94. The molecule has 2 atom stereocenters. The molecular formula is C8H15NO2. The molecular weight excluding hydrogens is 142 g/mol. The van der Waals surface area contributed by atoms with E-state index in [0.29, 0.717) is 6.42 Å². The second-order valence-corrected chi connectivity index (χ2v) is 3.59. The third-order valence-electron chi connectivity index (χ3n) is 2.86. The maximum Gasteiger partial charge on any atom is 0.137 e. The lowest BCUT2D eigenvalue weighted by Crippen LogP contribution is -2.82. The highest BCUT2D eigenvalue weighted by molar-refractivity contribution is 5.74. The lowest BCUT2D eigenvalue weighted by molar-refractivity contribution is -0.502. The van der Waals surface area contributed by atoms with Crippen molar-refractivity contribution in [2.24, 2.45) is 5.92 Å². The van der Waals surface area contributed by atoms with Crippen LogP contribution in [0.1, 0.15) is 32.6 Å². The summed E-state index contributed by atoms with van der Waals surface area (Å²) < 4.78 is 0. The molecule has 64 valence electrons. The Morgan fingerprint density at radius 3 is 2.64 bits per heavy atom.